The molecule has 0 radical (unpaired) electrons. The third kappa shape index (κ3) is 5.61. The molecule has 0 N–H and O–H groups in total. The number of alkyl halides is 2. The van der Waals surface area contributed by atoms with Crippen molar-refractivity contribution >= 4 is 9.84 Å². The average Bonchev–Trinajstić information content (AvgIpc) is 3.09. The number of hydrogen-bond acceptors (Lipinski definition) is 3. The molecule has 2 rings (SSSR count). The normalized spacial score (nSPS) is 14.8. The molecular formula is C21H28F2N2O2S. The SMILES string of the molecule is C=CC(c1nc(C(C)F)cn1-c1ccc(S(C)(=O)=O)cc1)C(C)/C=C\C.CF. The molecule has 0 spiro atoms. The van der Waals surface area contributed by atoms with Crippen molar-refractivity contribution in [3.05, 3.63) is 66.8 Å². The molecule has 154 valence electrons. The third-order valence-electron chi connectivity index (χ3n) is 4.32. The Labute approximate surface area is 166 Å². The molecule has 1 aromatic heterocycles. The number of hydrogen-bond donors (Lipinski definition) is 0. The Morgan fingerprint density at radius 2 is 1.75 bits per heavy atom. The fraction of sp³-hybridized carbons (Fsp3) is 0.381. The van der Waals surface area contributed by atoms with Gasteiger partial charge in [0.2, 0.25) is 0 Å². The van der Waals surface area contributed by atoms with Crippen LogP contribution in [0.2, 0.25) is 0 Å². The summed E-state index contributed by atoms with van der Waals surface area (Å²) in [6.45, 7) is 9.36. The molecule has 3 unspecified atom stereocenters. The van der Waals surface area contributed by atoms with Crippen molar-refractivity contribution in [1.82, 2.24) is 9.55 Å². The molecule has 1 heterocycles. The second-order valence-electron chi connectivity index (χ2n) is 6.42. The van der Waals surface area contributed by atoms with Crippen molar-refractivity contribution in [3.8, 4) is 5.69 Å². The third-order valence-corrected chi connectivity index (χ3v) is 5.45. The molecule has 0 fully saturated rings. The minimum Gasteiger partial charge on any atom is -0.303 e. The first kappa shape index (κ1) is 23.8. The summed E-state index contributed by atoms with van der Waals surface area (Å²) >= 11 is 0. The molecule has 3 atom stereocenters. The smallest absolute Gasteiger partial charge is 0.175 e. The van der Waals surface area contributed by atoms with Gasteiger partial charge in [0, 0.05) is 24.1 Å². The lowest BCUT2D eigenvalue weighted by Gasteiger charge is -2.19. The van der Waals surface area contributed by atoms with E-state index < -0.39 is 16.0 Å². The molecule has 0 aliphatic rings. The number of aromatic nitrogens is 2. The van der Waals surface area contributed by atoms with Crippen molar-refractivity contribution in [2.75, 3.05) is 13.4 Å². The number of rotatable bonds is 7. The van der Waals surface area contributed by atoms with Crippen LogP contribution < -0.4 is 0 Å². The van der Waals surface area contributed by atoms with E-state index in [0.717, 1.165) is 5.69 Å². The molecule has 28 heavy (non-hydrogen) atoms. The Balaban J connectivity index is 0.00000190. The van der Waals surface area contributed by atoms with Crippen LogP contribution in [0.1, 0.15) is 44.4 Å². The van der Waals surface area contributed by atoms with Crippen LogP contribution in [0.15, 0.2) is 60.2 Å². The maximum atomic E-state index is 13.9. The van der Waals surface area contributed by atoms with Gasteiger partial charge in [-0.05, 0) is 44.0 Å². The lowest BCUT2D eigenvalue weighted by Crippen LogP contribution is -2.12. The minimum atomic E-state index is -3.27. The van der Waals surface area contributed by atoms with Crippen LogP contribution in [0, 0.1) is 5.92 Å². The summed E-state index contributed by atoms with van der Waals surface area (Å²) in [5.74, 6) is 0.710. The van der Waals surface area contributed by atoms with Crippen LogP contribution in [0.5, 0.6) is 0 Å². The number of sulfone groups is 1. The van der Waals surface area contributed by atoms with Crippen LogP contribution >= 0.6 is 0 Å². The van der Waals surface area contributed by atoms with Crippen molar-refractivity contribution < 1.29 is 17.2 Å². The lowest BCUT2D eigenvalue weighted by molar-refractivity contribution is 0.366. The van der Waals surface area contributed by atoms with Crippen LogP contribution in [-0.2, 0) is 9.84 Å². The van der Waals surface area contributed by atoms with E-state index in [1.54, 1.807) is 36.5 Å². The van der Waals surface area contributed by atoms with Gasteiger partial charge in [0.05, 0.1) is 17.8 Å². The summed E-state index contributed by atoms with van der Waals surface area (Å²) in [5, 5.41) is 0. The zero-order chi connectivity index (χ0) is 21.5. The Kier molecular flexibility index (Phi) is 8.75. The number of benzene rings is 1. The Morgan fingerprint density at radius 3 is 2.18 bits per heavy atom. The minimum absolute atomic E-state index is 0.103. The van der Waals surface area contributed by atoms with Gasteiger partial charge in [0.15, 0.2) is 9.84 Å². The van der Waals surface area contributed by atoms with Crippen LogP contribution in [-0.4, -0.2) is 31.4 Å². The number of allylic oxidation sites excluding steroid dienone is 3. The Morgan fingerprint density at radius 1 is 1.18 bits per heavy atom. The van der Waals surface area contributed by atoms with Gasteiger partial charge in [-0.25, -0.2) is 17.8 Å². The van der Waals surface area contributed by atoms with E-state index in [1.165, 1.54) is 13.2 Å². The highest BCUT2D eigenvalue weighted by Gasteiger charge is 2.23. The van der Waals surface area contributed by atoms with E-state index in [9.17, 15) is 17.2 Å². The molecule has 0 aliphatic heterocycles. The predicted molar refractivity (Wildman–Crippen MR) is 110 cm³/mol. The Bertz CT molecular complexity index is 901. The summed E-state index contributed by atoms with van der Waals surface area (Å²) in [7, 11) is -2.77. The van der Waals surface area contributed by atoms with Gasteiger partial charge < -0.3 is 4.57 Å². The van der Waals surface area contributed by atoms with Crippen molar-refractivity contribution in [1.29, 1.82) is 0 Å². The molecule has 1 aromatic carbocycles. The summed E-state index contributed by atoms with van der Waals surface area (Å²) < 4.78 is 48.5. The molecular weight excluding hydrogens is 382 g/mol. The van der Waals surface area contributed by atoms with E-state index in [1.807, 2.05) is 17.6 Å². The summed E-state index contributed by atoms with van der Waals surface area (Å²) in [6.07, 6.45) is 7.45. The standard InChI is InChI=1S/C20H25FN2O2S.CH3F/c1-6-8-14(3)18(7-2)20-22-19(15(4)21)13-23(20)16-9-11-17(12-10-16)26(5,24)25;1-2/h6-15,18H,2H2,1,3-5H3;1H3/b8-6-;. The highest BCUT2D eigenvalue weighted by atomic mass is 32.2. The van der Waals surface area contributed by atoms with E-state index in [2.05, 4.69) is 24.6 Å². The second-order valence-corrected chi connectivity index (χ2v) is 8.44. The summed E-state index contributed by atoms with van der Waals surface area (Å²) in [5.41, 5.74) is 1.07. The highest BCUT2D eigenvalue weighted by molar-refractivity contribution is 7.90. The zero-order valence-corrected chi connectivity index (χ0v) is 17.7. The van der Waals surface area contributed by atoms with E-state index in [0.29, 0.717) is 18.7 Å². The first-order valence-corrected chi connectivity index (χ1v) is 10.7. The molecule has 4 nitrogen and oxygen atoms in total. The van der Waals surface area contributed by atoms with Gasteiger partial charge in [-0.1, -0.05) is 25.2 Å². The van der Waals surface area contributed by atoms with Crippen LogP contribution in [0.3, 0.4) is 0 Å². The second kappa shape index (κ2) is 10.3. The molecule has 0 saturated carbocycles. The maximum absolute atomic E-state index is 13.9. The molecule has 2 aromatic rings. The van der Waals surface area contributed by atoms with E-state index >= 15 is 0 Å². The van der Waals surface area contributed by atoms with Crippen molar-refractivity contribution in [2.24, 2.45) is 5.92 Å². The van der Waals surface area contributed by atoms with Gasteiger partial charge in [-0.15, -0.1) is 6.58 Å². The largest absolute Gasteiger partial charge is 0.303 e. The Hall–Kier alpha value is -2.28. The van der Waals surface area contributed by atoms with Gasteiger partial charge in [0.25, 0.3) is 0 Å². The van der Waals surface area contributed by atoms with E-state index in [4.69, 9.17) is 0 Å². The average molecular weight is 411 g/mol. The molecule has 0 aliphatic carbocycles. The topological polar surface area (TPSA) is 52.0 Å². The molecule has 0 amide bonds. The fourth-order valence-electron chi connectivity index (χ4n) is 2.88. The maximum Gasteiger partial charge on any atom is 0.175 e. The van der Waals surface area contributed by atoms with Gasteiger partial charge in [-0.2, -0.15) is 0 Å². The van der Waals surface area contributed by atoms with Crippen molar-refractivity contribution in [3.63, 3.8) is 0 Å². The molecule has 0 saturated heterocycles. The monoisotopic (exact) mass is 410 g/mol. The van der Waals surface area contributed by atoms with E-state index in [-0.39, 0.29) is 16.7 Å². The fourth-order valence-corrected chi connectivity index (χ4v) is 3.51. The molecule has 0 bridgehead atoms. The van der Waals surface area contributed by atoms with Gasteiger partial charge in [0.1, 0.15) is 12.0 Å². The van der Waals surface area contributed by atoms with Crippen molar-refractivity contribution in [2.45, 2.75) is 37.8 Å². The van der Waals surface area contributed by atoms with Crippen LogP contribution in [0.25, 0.3) is 5.69 Å². The zero-order valence-electron chi connectivity index (χ0n) is 16.9. The first-order valence-electron chi connectivity index (χ1n) is 8.86. The lowest BCUT2D eigenvalue weighted by atomic mass is 9.92. The van der Waals surface area contributed by atoms with Gasteiger partial charge in [-0.3, -0.25) is 4.39 Å². The first-order chi connectivity index (χ1) is 13.2. The van der Waals surface area contributed by atoms with Crippen LogP contribution in [0.4, 0.5) is 8.78 Å². The summed E-state index contributed by atoms with van der Waals surface area (Å²) in [6, 6.07) is 6.50. The molecule has 7 heteroatoms. The number of halogens is 2. The summed E-state index contributed by atoms with van der Waals surface area (Å²) in [4.78, 5) is 4.74. The predicted octanol–water partition coefficient (Wildman–Crippen LogP) is 5.37. The number of imidazole rings is 1. The van der Waals surface area contributed by atoms with Gasteiger partial charge >= 0.3 is 0 Å². The number of nitrogens with zero attached hydrogens (tertiary/aromatic N) is 2. The highest BCUT2D eigenvalue weighted by Crippen LogP contribution is 2.30. The quantitative estimate of drug-likeness (QED) is 0.576.